The van der Waals surface area contributed by atoms with Gasteiger partial charge in [0.05, 0.1) is 5.02 Å². The zero-order chi connectivity index (χ0) is 11.4. The molecule has 0 saturated heterocycles. The molecule has 15 heavy (non-hydrogen) atoms. The van der Waals surface area contributed by atoms with E-state index in [2.05, 4.69) is 32.9 Å². The molecule has 0 spiro atoms. The van der Waals surface area contributed by atoms with Crippen LogP contribution in [0.1, 0.15) is 19.5 Å². The predicted octanol–water partition coefficient (Wildman–Crippen LogP) is 5.38. The van der Waals surface area contributed by atoms with Crippen molar-refractivity contribution in [1.29, 1.82) is 0 Å². The van der Waals surface area contributed by atoms with Crippen LogP contribution in [-0.2, 0) is 0 Å². The molecule has 0 saturated carbocycles. The highest BCUT2D eigenvalue weighted by Gasteiger charge is 1.96. The fraction of sp³-hybridized carbons (Fsp3) is 0.333. The lowest BCUT2D eigenvalue weighted by Gasteiger charge is -1.76. The van der Waals surface area contributed by atoms with Crippen molar-refractivity contribution in [3.8, 4) is 0 Å². The maximum Gasteiger partial charge on any atom is 0.0544 e. The summed E-state index contributed by atoms with van der Waals surface area (Å²) < 4.78 is 0. The first-order chi connectivity index (χ1) is 6.99. The fourth-order valence-corrected chi connectivity index (χ4v) is 3.10. The third kappa shape index (κ3) is 4.37. The number of hydrogen-bond donors (Lipinski definition) is 0. The SMILES string of the molecule is Cc1cc(Cl)c(C)s1.Cc1ccc(C)s1. The average molecular weight is 259 g/mol. The lowest BCUT2D eigenvalue weighted by atomic mass is 10.5. The first kappa shape index (κ1) is 12.8. The number of halogens is 1. The van der Waals surface area contributed by atoms with Crippen molar-refractivity contribution >= 4 is 34.3 Å². The first-order valence-corrected chi connectivity index (χ1v) is 6.75. The monoisotopic (exact) mass is 258 g/mol. The Balaban J connectivity index is 0.000000151. The molecule has 0 atom stereocenters. The minimum Gasteiger partial charge on any atom is -0.146 e. The molecule has 2 aromatic heterocycles. The number of thiophene rings is 2. The summed E-state index contributed by atoms with van der Waals surface area (Å²) in [5, 5.41) is 0.896. The second-order valence-corrected chi connectivity index (χ2v) is 6.78. The Morgan fingerprint density at radius 3 is 1.53 bits per heavy atom. The first-order valence-electron chi connectivity index (χ1n) is 4.74. The van der Waals surface area contributed by atoms with Crippen molar-refractivity contribution in [3.05, 3.63) is 42.7 Å². The summed E-state index contributed by atoms with van der Waals surface area (Å²) in [6.45, 7) is 8.33. The molecular weight excluding hydrogens is 244 g/mol. The number of rotatable bonds is 0. The van der Waals surface area contributed by atoms with E-state index < -0.39 is 0 Å². The topological polar surface area (TPSA) is 0 Å². The van der Waals surface area contributed by atoms with Gasteiger partial charge in [-0.3, -0.25) is 0 Å². The van der Waals surface area contributed by atoms with Crippen LogP contribution in [0, 0.1) is 27.7 Å². The van der Waals surface area contributed by atoms with E-state index in [-0.39, 0.29) is 0 Å². The standard InChI is InChI=1S/C6H7ClS.C6H8S/c1-4-3-6(7)5(2)8-4;1-5-3-4-6(2)7-5/h3H,1-2H3;3-4H,1-2H3. The van der Waals surface area contributed by atoms with Crippen LogP contribution < -0.4 is 0 Å². The second-order valence-electron chi connectivity index (χ2n) is 3.42. The molecule has 0 radical (unpaired) electrons. The molecule has 0 bridgehead atoms. The highest BCUT2D eigenvalue weighted by atomic mass is 35.5. The largest absolute Gasteiger partial charge is 0.146 e. The van der Waals surface area contributed by atoms with E-state index in [1.165, 1.54) is 19.5 Å². The van der Waals surface area contributed by atoms with Crippen molar-refractivity contribution in [2.45, 2.75) is 27.7 Å². The molecule has 0 unspecified atom stereocenters. The van der Waals surface area contributed by atoms with Gasteiger partial charge in [0.25, 0.3) is 0 Å². The van der Waals surface area contributed by atoms with Gasteiger partial charge in [0.1, 0.15) is 0 Å². The van der Waals surface area contributed by atoms with E-state index in [4.69, 9.17) is 11.6 Å². The van der Waals surface area contributed by atoms with Gasteiger partial charge in [-0.2, -0.15) is 0 Å². The molecule has 0 N–H and O–H groups in total. The van der Waals surface area contributed by atoms with Gasteiger partial charge in [-0.05, 0) is 45.9 Å². The van der Waals surface area contributed by atoms with Gasteiger partial charge in [0, 0.05) is 19.5 Å². The summed E-state index contributed by atoms with van der Waals surface area (Å²) in [5.74, 6) is 0. The lowest BCUT2D eigenvalue weighted by molar-refractivity contribution is 1.61. The summed E-state index contributed by atoms with van der Waals surface area (Å²) in [6.07, 6.45) is 0. The molecule has 82 valence electrons. The molecule has 2 rings (SSSR count). The summed E-state index contributed by atoms with van der Waals surface area (Å²) in [6, 6.07) is 6.27. The Hall–Kier alpha value is -0.310. The molecule has 0 nitrogen and oxygen atoms in total. The predicted molar refractivity (Wildman–Crippen MR) is 72.6 cm³/mol. The fourth-order valence-electron chi connectivity index (χ4n) is 1.16. The molecule has 0 amide bonds. The molecule has 0 aliphatic rings. The Morgan fingerprint density at radius 1 is 0.867 bits per heavy atom. The number of hydrogen-bond acceptors (Lipinski definition) is 2. The van der Waals surface area contributed by atoms with Gasteiger partial charge in [0.2, 0.25) is 0 Å². The van der Waals surface area contributed by atoms with Crippen molar-refractivity contribution in [2.75, 3.05) is 0 Å². The maximum absolute atomic E-state index is 5.74. The average Bonchev–Trinajstić information content (AvgIpc) is 2.61. The van der Waals surface area contributed by atoms with Gasteiger partial charge in [-0.25, -0.2) is 0 Å². The molecular formula is C12H15ClS2. The summed E-state index contributed by atoms with van der Waals surface area (Å²) >= 11 is 9.32. The molecule has 0 aromatic carbocycles. The van der Waals surface area contributed by atoms with Crippen LogP contribution in [0.3, 0.4) is 0 Å². The highest BCUT2D eigenvalue weighted by Crippen LogP contribution is 2.24. The van der Waals surface area contributed by atoms with Crippen LogP contribution in [0.4, 0.5) is 0 Å². The third-order valence-electron chi connectivity index (χ3n) is 1.86. The van der Waals surface area contributed by atoms with Gasteiger partial charge < -0.3 is 0 Å². The summed E-state index contributed by atoms with van der Waals surface area (Å²) in [7, 11) is 0. The second kappa shape index (κ2) is 5.69. The van der Waals surface area contributed by atoms with Crippen LogP contribution in [0.5, 0.6) is 0 Å². The van der Waals surface area contributed by atoms with Crippen LogP contribution >= 0.6 is 34.3 Å². The van der Waals surface area contributed by atoms with Crippen molar-refractivity contribution in [1.82, 2.24) is 0 Å². The van der Waals surface area contributed by atoms with Crippen molar-refractivity contribution in [2.24, 2.45) is 0 Å². The Labute approximate surface area is 105 Å². The van der Waals surface area contributed by atoms with Gasteiger partial charge in [-0.15, -0.1) is 22.7 Å². The lowest BCUT2D eigenvalue weighted by Crippen LogP contribution is -1.53. The molecule has 0 fully saturated rings. The normalized spacial score (nSPS) is 9.67. The van der Waals surface area contributed by atoms with Crippen LogP contribution in [0.15, 0.2) is 18.2 Å². The Bertz CT molecular complexity index is 391. The van der Waals surface area contributed by atoms with Crippen molar-refractivity contribution < 1.29 is 0 Å². The molecule has 0 aliphatic heterocycles. The minimum absolute atomic E-state index is 0.896. The highest BCUT2D eigenvalue weighted by molar-refractivity contribution is 7.12. The molecule has 2 aromatic rings. The maximum atomic E-state index is 5.74. The van der Waals surface area contributed by atoms with Gasteiger partial charge >= 0.3 is 0 Å². The van der Waals surface area contributed by atoms with Crippen LogP contribution in [-0.4, -0.2) is 0 Å². The minimum atomic E-state index is 0.896. The molecule has 0 aliphatic carbocycles. The Morgan fingerprint density at radius 2 is 1.40 bits per heavy atom. The van der Waals surface area contributed by atoms with E-state index in [9.17, 15) is 0 Å². The van der Waals surface area contributed by atoms with E-state index >= 15 is 0 Å². The van der Waals surface area contributed by atoms with Gasteiger partial charge in [0.15, 0.2) is 0 Å². The zero-order valence-corrected chi connectivity index (χ0v) is 11.8. The van der Waals surface area contributed by atoms with Crippen LogP contribution in [0.25, 0.3) is 0 Å². The van der Waals surface area contributed by atoms with Crippen molar-refractivity contribution in [3.63, 3.8) is 0 Å². The molecule has 3 heteroatoms. The van der Waals surface area contributed by atoms with E-state index in [0.717, 1.165) is 5.02 Å². The Kier molecular flexibility index (Phi) is 4.84. The van der Waals surface area contributed by atoms with E-state index in [1.807, 2.05) is 24.3 Å². The quantitative estimate of drug-likeness (QED) is 0.595. The summed E-state index contributed by atoms with van der Waals surface area (Å²) in [4.78, 5) is 5.30. The van der Waals surface area contributed by atoms with Gasteiger partial charge in [-0.1, -0.05) is 11.6 Å². The summed E-state index contributed by atoms with van der Waals surface area (Å²) in [5.41, 5.74) is 0. The zero-order valence-electron chi connectivity index (χ0n) is 9.43. The number of aryl methyl sites for hydroxylation is 4. The molecule has 2 heterocycles. The van der Waals surface area contributed by atoms with E-state index in [1.54, 1.807) is 11.3 Å². The third-order valence-corrected chi connectivity index (χ3v) is 4.24. The van der Waals surface area contributed by atoms with E-state index in [0.29, 0.717) is 0 Å². The smallest absolute Gasteiger partial charge is 0.0544 e. The van der Waals surface area contributed by atoms with Crippen LogP contribution in [0.2, 0.25) is 5.02 Å².